The average Bonchev–Trinajstić information content (AvgIpc) is 2.94. The van der Waals surface area contributed by atoms with Crippen molar-refractivity contribution < 1.29 is 28.5 Å². The van der Waals surface area contributed by atoms with E-state index in [0.717, 1.165) is 50.7 Å². The molecule has 2 N–H and O–H groups in total. The van der Waals surface area contributed by atoms with Gasteiger partial charge in [0, 0.05) is 25.7 Å². The molecule has 0 bridgehead atoms. The third-order valence-electron chi connectivity index (χ3n) is 5.39. The Balaban J connectivity index is 1.61. The lowest BCUT2D eigenvalue weighted by atomic mass is 9.93. The summed E-state index contributed by atoms with van der Waals surface area (Å²) in [4.78, 5) is 2.02. The zero-order chi connectivity index (χ0) is 19.3. The second-order valence-electron chi connectivity index (χ2n) is 7.99. The zero-order valence-electron chi connectivity index (χ0n) is 15.6. The SMILES string of the molecule is OC1(CN2CCOC[C@@](O)(COc3ccc(F)c(F)c3)C2)CCCCCC1. The van der Waals surface area contributed by atoms with Crippen LogP contribution in [0.15, 0.2) is 18.2 Å². The molecule has 1 heterocycles. The Labute approximate surface area is 158 Å². The number of nitrogens with zero attached hydrogens (tertiary/aromatic N) is 1. The van der Waals surface area contributed by atoms with Gasteiger partial charge in [0.05, 0.1) is 18.8 Å². The highest BCUT2D eigenvalue weighted by atomic mass is 19.2. The third-order valence-corrected chi connectivity index (χ3v) is 5.39. The predicted molar refractivity (Wildman–Crippen MR) is 96.7 cm³/mol. The molecular formula is C20H29F2NO4. The lowest BCUT2D eigenvalue weighted by Crippen LogP contribution is -2.52. The fourth-order valence-electron chi connectivity index (χ4n) is 3.96. The van der Waals surface area contributed by atoms with Crippen molar-refractivity contribution in [1.29, 1.82) is 0 Å². The quantitative estimate of drug-likeness (QED) is 0.763. The molecule has 0 amide bonds. The maximum Gasteiger partial charge on any atom is 0.162 e. The van der Waals surface area contributed by atoms with E-state index < -0.39 is 22.8 Å². The van der Waals surface area contributed by atoms with Gasteiger partial charge < -0.3 is 19.7 Å². The van der Waals surface area contributed by atoms with E-state index in [-0.39, 0.29) is 19.0 Å². The summed E-state index contributed by atoms with van der Waals surface area (Å²) in [6.07, 6.45) is 5.88. The summed E-state index contributed by atoms with van der Waals surface area (Å²) in [6.45, 7) is 1.85. The Morgan fingerprint density at radius 1 is 1.04 bits per heavy atom. The molecule has 1 saturated heterocycles. The van der Waals surface area contributed by atoms with Gasteiger partial charge in [-0.15, -0.1) is 0 Å². The Hall–Kier alpha value is -1.28. The minimum Gasteiger partial charge on any atom is -0.490 e. The maximum absolute atomic E-state index is 13.3. The van der Waals surface area contributed by atoms with E-state index in [9.17, 15) is 19.0 Å². The van der Waals surface area contributed by atoms with E-state index in [1.807, 2.05) is 4.90 Å². The van der Waals surface area contributed by atoms with Crippen LogP contribution in [0, 0.1) is 11.6 Å². The topological polar surface area (TPSA) is 62.2 Å². The van der Waals surface area contributed by atoms with Crippen molar-refractivity contribution in [2.45, 2.75) is 49.7 Å². The van der Waals surface area contributed by atoms with Crippen molar-refractivity contribution >= 4 is 0 Å². The molecule has 1 saturated carbocycles. The molecule has 1 aliphatic heterocycles. The Morgan fingerprint density at radius 2 is 1.78 bits per heavy atom. The highest BCUT2D eigenvalue weighted by Crippen LogP contribution is 2.29. The molecule has 1 aliphatic carbocycles. The van der Waals surface area contributed by atoms with Crippen LogP contribution < -0.4 is 4.74 Å². The second-order valence-corrected chi connectivity index (χ2v) is 7.99. The maximum atomic E-state index is 13.3. The van der Waals surface area contributed by atoms with Crippen molar-refractivity contribution in [3.63, 3.8) is 0 Å². The number of aliphatic hydroxyl groups is 2. The minimum atomic E-state index is -1.29. The molecule has 27 heavy (non-hydrogen) atoms. The van der Waals surface area contributed by atoms with E-state index in [2.05, 4.69) is 0 Å². The van der Waals surface area contributed by atoms with Gasteiger partial charge in [-0.2, -0.15) is 0 Å². The molecule has 152 valence electrons. The molecule has 7 heteroatoms. The van der Waals surface area contributed by atoms with E-state index >= 15 is 0 Å². The van der Waals surface area contributed by atoms with Crippen LogP contribution in [0.4, 0.5) is 8.78 Å². The second kappa shape index (κ2) is 8.82. The number of hydrogen-bond acceptors (Lipinski definition) is 5. The fourth-order valence-corrected chi connectivity index (χ4v) is 3.96. The van der Waals surface area contributed by atoms with E-state index in [4.69, 9.17) is 9.47 Å². The van der Waals surface area contributed by atoms with Crippen LogP contribution in [0.25, 0.3) is 0 Å². The van der Waals surface area contributed by atoms with Gasteiger partial charge in [-0.25, -0.2) is 8.78 Å². The van der Waals surface area contributed by atoms with Gasteiger partial charge in [0.2, 0.25) is 0 Å². The number of ether oxygens (including phenoxy) is 2. The first kappa shape index (κ1) is 20.5. The Kier molecular flexibility index (Phi) is 6.68. The normalized spacial score (nSPS) is 27.0. The third kappa shape index (κ3) is 5.85. The van der Waals surface area contributed by atoms with Gasteiger partial charge in [-0.3, -0.25) is 4.90 Å². The number of rotatable bonds is 5. The highest BCUT2D eigenvalue weighted by Gasteiger charge is 2.37. The van der Waals surface area contributed by atoms with Crippen LogP contribution in [0.5, 0.6) is 5.75 Å². The molecule has 0 aromatic heterocycles. The molecular weight excluding hydrogens is 356 g/mol. The van der Waals surface area contributed by atoms with E-state index in [1.165, 1.54) is 6.07 Å². The Morgan fingerprint density at radius 3 is 2.48 bits per heavy atom. The lowest BCUT2D eigenvalue weighted by molar-refractivity contribution is -0.0733. The van der Waals surface area contributed by atoms with Gasteiger partial charge >= 0.3 is 0 Å². The molecule has 0 unspecified atom stereocenters. The first-order valence-corrected chi connectivity index (χ1v) is 9.70. The summed E-state index contributed by atoms with van der Waals surface area (Å²) >= 11 is 0. The molecule has 0 radical (unpaired) electrons. The van der Waals surface area contributed by atoms with Gasteiger partial charge in [-0.05, 0) is 25.0 Å². The molecule has 2 fully saturated rings. The molecule has 2 aliphatic rings. The van der Waals surface area contributed by atoms with Crippen LogP contribution in [0.3, 0.4) is 0 Å². The van der Waals surface area contributed by atoms with Crippen LogP contribution in [-0.2, 0) is 4.74 Å². The van der Waals surface area contributed by atoms with Crippen molar-refractivity contribution in [1.82, 2.24) is 4.90 Å². The smallest absolute Gasteiger partial charge is 0.162 e. The number of benzene rings is 1. The summed E-state index contributed by atoms with van der Waals surface area (Å²) in [5.41, 5.74) is -2.02. The lowest BCUT2D eigenvalue weighted by Gasteiger charge is -2.36. The van der Waals surface area contributed by atoms with Crippen LogP contribution in [0.1, 0.15) is 38.5 Å². The number of halogens is 2. The van der Waals surface area contributed by atoms with Crippen LogP contribution in [-0.4, -0.2) is 65.8 Å². The van der Waals surface area contributed by atoms with Crippen molar-refractivity contribution in [2.24, 2.45) is 0 Å². The molecule has 0 spiro atoms. The number of β-amino-alcohol motifs (C(OH)–C–C–N with tert-alkyl or cyclic N) is 2. The van der Waals surface area contributed by atoms with Gasteiger partial charge in [0.15, 0.2) is 11.6 Å². The summed E-state index contributed by atoms with van der Waals surface area (Å²) in [6, 6.07) is 3.28. The van der Waals surface area contributed by atoms with Crippen LogP contribution in [0.2, 0.25) is 0 Å². The minimum absolute atomic E-state index is 0.0889. The molecule has 1 atom stereocenters. The Bertz CT molecular complexity index is 622. The highest BCUT2D eigenvalue weighted by molar-refractivity contribution is 5.23. The van der Waals surface area contributed by atoms with Crippen molar-refractivity contribution in [3.8, 4) is 5.75 Å². The average molecular weight is 385 g/mol. The van der Waals surface area contributed by atoms with Gasteiger partial charge in [-0.1, -0.05) is 25.7 Å². The zero-order valence-corrected chi connectivity index (χ0v) is 15.6. The van der Waals surface area contributed by atoms with Gasteiger partial charge in [0.25, 0.3) is 0 Å². The standard InChI is InChI=1S/C20H29F2NO4/c21-17-6-5-16(11-18(17)22)27-15-20(25)13-23(9-10-26-14-20)12-19(24)7-3-1-2-4-8-19/h5-6,11,24-25H,1-4,7-10,12-15H2/t20-/m1/s1. The summed E-state index contributed by atoms with van der Waals surface area (Å²) in [5.74, 6) is -1.78. The van der Waals surface area contributed by atoms with Crippen LogP contribution >= 0.6 is 0 Å². The van der Waals surface area contributed by atoms with E-state index in [0.29, 0.717) is 26.2 Å². The fraction of sp³-hybridized carbons (Fsp3) is 0.700. The monoisotopic (exact) mass is 385 g/mol. The summed E-state index contributed by atoms with van der Waals surface area (Å²) in [5, 5.41) is 21.9. The molecule has 1 aromatic rings. The molecule has 1 aromatic carbocycles. The summed E-state index contributed by atoms with van der Waals surface area (Å²) in [7, 11) is 0. The van der Waals surface area contributed by atoms with E-state index in [1.54, 1.807) is 0 Å². The first-order chi connectivity index (χ1) is 12.9. The van der Waals surface area contributed by atoms with Gasteiger partial charge in [0.1, 0.15) is 18.0 Å². The molecule has 5 nitrogen and oxygen atoms in total. The molecule has 3 rings (SSSR count). The predicted octanol–water partition coefficient (Wildman–Crippen LogP) is 2.49. The van der Waals surface area contributed by atoms with Crippen molar-refractivity contribution in [3.05, 3.63) is 29.8 Å². The van der Waals surface area contributed by atoms with Crippen molar-refractivity contribution in [2.75, 3.05) is 39.5 Å². The largest absolute Gasteiger partial charge is 0.490 e. The first-order valence-electron chi connectivity index (χ1n) is 9.70. The number of hydrogen-bond donors (Lipinski definition) is 2. The summed E-state index contributed by atoms with van der Waals surface area (Å²) < 4.78 is 37.4.